The molecule has 126 valence electrons. The summed E-state index contributed by atoms with van der Waals surface area (Å²) in [5.41, 5.74) is 1.14. The molecule has 0 bridgehead atoms. The van der Waals surface area contributed by atoms with Crippen LogP contribution in [0.25, 0.3) is 0 Å². The molecule has 1 unspecified atom stereocenters. The van der Waals surface area contributed by atoms with Crippen LogP contribution in [0.3, 0.4) is 0 Å². The van der Waals surface area contributed by atoms with Crippen LogP contribution in [0.15, 0.2) is 24.3 Å². The Bertz CT molecular complexity index is 559. The van der Waals surface area contributed by atoms with Gasteiger partial charge in [-0.05, 0) is 24.0 Å². The van der Waals surface area contributed by atoms with E-state index in [1.807, 2.05) is 24.3 Å². The summed E-state index contributed by atoms with van der Waals surface area (Å²) in [7, 11) is 0. The van der Waals surface area contributed by atoms with E-state index in [1.54, 1.807) is 4.90 Å². The van der Waals surface area contributed by atoms with Crippen molar-refractivity contribution in [2.75, 3.05) is 26.2 Å². The molecule has 1 fully saturated rings. The van der Waals surface area contributed by atoms with Crippen LogP contribution in [0.5, 0.6) is 5.75 Å². The Hall–Kier alpha value is -2.24. The summed E-state index contributed by atoms with van der Waals surface area (Å²) < 4.78 is 5.74. The second-order valence-electron chi connectivity index (χ2n) is 6.04. The van der Waals surface area contributed by atoms with Gasteiger partial charge >= 0.3 is 12.0 Å². The minimum absolute atomic E-state index is 0.227. The van der Waals surface area contributed by atoms with Gasteiger partial charge in [-0.25, -0.2) is 4.79 Å². The Morgan fingerprint density at radius 3 is 2.78 bits per heavy atom. The largest absolute Gasteiger partial charge is 0.491 e. The molecule has 1 aromatic rings. The Labute approximate surface area is 136 Å². The third-order valence-corrected chi connectivity index (χ3v) is 4.00. The van der Waals surface area contributed by atoms with E-state index >= 15 is 0 Å². The summed E-state index contributed by atoms with van der Waals surface area (Å²) in [5.74, 6) is -0.0777. The van der Waals surface area contributed by atoms with Crippen molar-refractivity contribution in [2.24, 2.45) is 5.92 Å². The Morgan fingerprint density at radius 1 is 1.39 bits per heavy atom. The van der Waals surface area contributed by atoms with Crippen molar-refractivity contribution in [3.63, 3.8) is 0 Å². The fourth-order valence-corrected chi connectivity index (χ4v) is 2.67. The lowest BCUT2D eigenvalue weighted by Gasteiger charge is -2.17. The maximum atomic E-state index is 12.0. The lowest BCUT2D eigenvalue weighted by molar-refractivity contribution is -0.141. The van der Waals surface area contributed by atoms with Gasteiger partial charge in [0.05, 0.1) is 12.5 Å². The van der Waals surface area contributed by atoms with Gasteiger partial charge in [-0.1, -0.05) is 32.0 Å². The average Bonchev–Trinajstić information content (AvgIpc) is 3.02. The quantitative estimate of drug-likeness (QED) is 0.788. The number of nitrogens with one attached hydrogen (secondary N) is 1. The van der Waals surface area contributed by atoms with E-state index in [2.05, 4.69) is 19.2 Å². The summed E-state index contributed by atoms with van der Waals surface area (Å²) in [6.07, 6.45) is 0.515. The molecule has 1 aliphatic rings. The number of nitrogens with zero attached hydrogens (tertiary/aromatic N) is 1. The van der Waals surface area contributed by atoms with Crippen LogP contribution in [0.4, 0.5) is 4.79 Å². The molecule has 0 radical (unpaired) electrons. The number of carboxylic acid groups (broad SMARTS) is 1. The van der Waals surface area contributed by atoms with Crippen LogP contribution in [-0.2, 0) is 4.79 Å². The number of ether oxygens (including phenoxy) is 1. The van der Waals surface area contributed by atoms with Crippen LogP contribution in [0, 0.1) is 5.92 Å². The highest BCUT2D eigenvalue weighted by Gasteiger charge is 2.30. The number of para-hydroxylation sites is 1. The number of carboxylic acids is 1. The molecule has 0 aromatic heterocycles. The van der Waals surface area contributed by atoms with Crippen molar-refractivity contribution in [1.82, 2.24) is 10.2 Å². The number of urea groups is 1. The van der Waals surface area contributed by atoms with Gasteiger partial charge in [0, 0.05) is 13.1 Å². The number of rotatable bonds is 6. The highest BCUT2D eigenvalue weighted by atomic mass is 16.5. The molecule has 1 atom stereocenters. The van der Waals surface area contributed by atoms with Gasteiger partial charge in [0.25, 0.3) is 0 Å². The van der Waals surface area contributed by atoms with Crippen LogP contribution >= 0.6 is 0 Å². The Balaban J connectivity index is 1.74. The third kappa shape index (κ3) is 4.61. The molecule has 2 amide bonds. The zero-order chi connectivity index (χ0) is 16.8. The van der Waals surface area contributed by atoms with Crippen molar-refractivity contribution < 1.29 is 19.4 Å². The first-order chi connectivity index (χ1) is 11.0. The number of hydrogen-bond donors (Lipinski definition) is 2. The molecule has 1 saturated heterocycles. The predicted octanol–water partition coefficient (Wildman–Crippen LogP) is 2.30. The predicted molar refractivity (Wildman–Crippen MR) is 86.7 cm³/mol. The summed E-state index contributed by atoms with van der Waals surface area (Å²) in [5, 5.41) is 11.7. The molecule has 2 rings (SSSR count). The van der Waals surface area contributed by atoms with Gasteiger partial charge in [0.1, 0.15) is 12.4 Å². The smallest absolute Gasteiger partial charge is 0.317 e. The van der Waals surface area contributed by atoms with E-state index in [9.17, 15) is 9.59 Å². The molecule has 2 N–H and O–H groups in total. The van der Waals surface area contributed by atoms with E-state index in [0.717, 1.165) is 11.3 Å². The standard InChI is InChI=1S/C17H24N2O4/c1-12(2)14-5-3-4-6-15(14)23-10-8-18-17(22)19-9-7-13(11-19)16(20)21/h3-6,12-13H,7-11H2,1-2H3,(H,18,22)(H,20,21). The second-order valence-corrected chi connectivity index (χ2v) is 6.04. The summed E-state index contributed by atoms with van der Waals surface area (Å²) in [6.45, 7) is 5.75. The molecule has 0 spiro atoms. The minimum atomic E-state index is -0.839. The minimum Gasteiger partial charge on any atom is -0.491 e. The van der Waals surface area contributed by atoms with Gasteiger partial charge < -0.3 is 20.1 Å². The van der Waals surface area contributed by atoms with Crippen LogP contribution in [0.2, 0.25) is 0 Å². The molecule has 1 aromatic carbocycles. The van der Waals surface area contributed by atoms with E-state index in [-0.39, 0.29) is 12.6 Å². The van der Waals surface area contributed by atoms with Crippen molar-refractivity contribution in [3.8, 4) is 5.75 Å². The molecule has 23 heavy (non-hydrogen) atoms. The Morgan fingerprint density at radius 2 is 2.13 bits per heavy atom. The maximum Gasteiger partial charge on any atom is 0.317 e. The number of carbonyl (C=O) groups excluding carboxylic acids is 1. The first-order valence-electron chi connectivity index (χ1n) is 7.96. The lowest BCUT2D eigenvalue weighted by Crippen LogP contribution is -2.40. The van der Waals surface area contributed by atoms with Crippen LogP contribution in [-0.4, -0.2) is 48.2 Å². The number of benzene rings is 1. The molecule has 6 nitrogen and oxygen atoms in total. The molecular formula is C17H24N2O4. The van der Waals surface area contributed by atoms with Crippen LogP contribution in [0.1, 0.15) is 31.7 Å². The zero-order valence-electron chi connectivity index (χ0n) is 13.6. The number of aliphatic carboxylic acids is 1. The van der Waals surface area contributed by atoms with Crippen molar-refractivity contribution in [3.05, 3.63) is 29.8 Å². The van der Waals surface area contributed by atoms with Gasteiger partial charge in [0.2, 0.25) is 0 Å². The first kappa shape index (κ1) is 17.1. The normalized spacial score (nSPS) is 17.3. The lowest BCUT2D eigenvalue weighted by atomic mass is 10.0. The van der Waals surface area contributed by atoms with E-state index in [1.165, 1.54) is 0 Å². The number of amides is 2. The van der Waals surface area contributed by atoms with Crippen molar-refractivity contribution in [2.45, 2.75) is 26.2 Å². The van der Waals surface area contributed by atoms with Gasteiger partial charge in [-0.3, -0.25) is 4.79 Å². The highest BCUT2D eigenvalue weighted by Crippen LogP contribution is 2.25. The van der Waals surface area contributed by atoms with E-state index in [0.29, 0.717) is 32.0 Å². The second kappa shape index (κ2) is 7.85. The van der Waals surface area contributed by atoms with Crippen molar-refractivity contribution in [1.29, 1.82) is 0 Å². The van der Waals surface area contributed by atoms with E-state index < -0.39 is 11.9 Å². The monoisotopic (exact) mass is 320 g/mol. The van der Waals surface area contributed by atoms with Crippen molar-refractivity contribution >= 4 is 12.0 Å². The zero-order valence-corrected chi connectivity index (χ0v) is 13.6. The molecule has 1 heterocycles. The van der Waals surface area contributed by atoms with Gasteiger partial charge in [-0.15, -0.1) is 0 Å². The Kier molecular flexibility index (Phi) is 5.84. The maximum absolute atomic E-state index is 12.0. The summed E-state index contributed by atoms with van der Waals surface area (Å²) >= 11 is 0. The average molecular weight is 320 g/mol. The molecule has 6 heteroatoms. The topological polar surface area (TPSA) is 78.9 Å². The molecule has 1 aliphatic heterocycles. The highest BCUT2D eigenvalue weighted by molar-refractivity contribution is 5.77. The van der Waals surface area contributed by atoms with Crippen LogP contribution < -0.4 is 10.1 Å². The summed E-state index contributed by atoms with van der Waals surface area (Å²) in [4.78, 5) is 24.4. The fourth-order valence-electron chi connectivity index (χ4n) is 2.67. The molecule has 0 aliphatic carbocycles. The summed E-state index contributed by atoms with van der Waals surface area (Å²) in [6, 6.07) is 7.64. The number of hydrogen-bond acceptors (Lipinski definition) is 3. The fraction of sp³-hybridized carbons (Fsp3) is 0.529. The first-order valence-corrected chi connectivity index (χ1v) is 7.96. The van der Waals surface area contributed by atoms with Gasteiger partial charge in [-0.2, -0.15) is 0 Å². The molecular weight excluding hydrogens is 296 g/mol. The van der Waals surface area contributed by atoms with Gasteiger partial charge in [0.15, 0.2) is 0 Å². The number of likely N-dealkylation sites (tertiary alicyclic amines) is 1. The SMILES string of the molecule is CC(C)c1ccccc1OCCNC(=O)N1CCC(C(=O)O)C1. The van der Waals surface area contributed by atoms with E-state index in [4.69, 9.17) is 9.84 Å². The third-order valence-electron chi connectivity index (χ3n) is 4.00. The number of carbonyl (C=O) groups is 2. The molecule has 0 saturated carbocycles.